The fraction of sp³-hybridized carbons (Fsp3) is 0.0588. The minimum absolute atomic E-state index is 0.605. The summed E-state index contributed by atoms with van der Waals surface area (Å²) >= 11 is 5.11. The zero-order valence-electron chi connectivity index (χ0n) is 12.0. The van der Waals surface area contributed by atoms with Crippen molar-refractivity contribution in [1.29, 1.82) is 0 Å². The van der Waals surface area contributed by atoms with Gasteiger partial charge in [-0.1, -0.05) is 12.1 Å². The molecule has 0 aliphatic rings. The van der Waals surface area contributed by atoms with Gasteiger partial charge in [-0.05, 0) is 46.3 Å². The normalized spacial score (nSPS) is 11.0. The number of anilines is 1. The van der Waals surface area contributed by atoms with E-state index in [2.05, 4.69) is 37.3 Å². The zero-order valence-corrected chi connectivity index (χ0v) is 14.4. The number of hydrogen-bond donors (Lipinski definition) is 1. The van der Waals surface area contributed by atoms with Crippen molar-refractivity contribution in [2.75, 3.05) is 5.32 Å². The van der Waals surface area contributed by atoms with Crippen LogP contribution >= 0.6 is 27.3 Å². The average molecular weight is 386 g/mol. The van der Waals surface area contributed by atoms with Gasteiger partial charge in [-0.2, -0.15) is 0 Å². The summed E-state index contributed by atoms with van der Waals surface area (Å²) in [5.41, 5.74) is 1.99. The number of rotatable bonds is 4. The summed E-state index contributed by atoms with van der Waals surface area (Å²) in [4.78, 5) is 8.66. The van der Waals surface area contributed by atoms with Crippen LogP contribution in [0.4, 0.5) is 5.69 Å². The Morgan fingerprint density at radius 1 is 1.13 bits per heavy atom. The molecule has 4 rings (SSSR count). The minimum Gasteiger partial charge on any atom is -0.457 e. The number of halogens is 1. The lowest BCUT2D eigenvalue weighted by Gasteiger charge is -2.05. The van der Waals surface area contributed by atoms with Gasteiger partial charge < -0.3 is 9.73 Å². The Kier molecular flexibility index (Phi) is 3.85. The Morgan fingerprint density at radius 3 is 2.91 bits per heavy atom. The molecular weight excluding hydrogens is 374 g/mol. The lowest BCUT2D eigenvalue weighted by molar-refractivity contribution is 0.531. The number of nitrogens with zero attached hydrogens (tertiary/aromatic N) is 2. The summed E-state index contributed by atoms with van der Waals surface area (Å²) in [6.07, 6.45) is 3.51. The molecule has 0 spiro atoms. The van der Waals surface area contributed by atoms with Gasteiger partial charge in [-0.3, -0.25) is 4.98 Å². The summed E-state index contributed by atoms with van der Waals surface area (Å²) < 4.78 is 8.01. The van der Waals surface area contributed by atoms with Crippen molar-refractivity contribution in [3.05, 3.63) is 65.1 Å². The number of benzene rings is 1. The highest BCUT2D eigenvalue weighted by Gasteiger charge is 2.10. The quantitative estimate of drug-likeness (QED) is 0.515. The van der Waals surface area contributed by atoms with Gasteiger partial charge in [0.05, 0.1) is 26.9 Å². The number of fused-ring (bicyclic) bond motifs is 1. The van der Waals surface area contributed by atoms with Crippen molar-refractivity contribution in [3.8, 4) is 10.8 Å². The molecule has 4 aromatic rings. The van der Waals surface area contributed by atoms with Crippen LogP contribution in [-0.2, 0) is 6.54 Å². The summed E-state index contributed by atoms with van der Waals surface area (Å²) in [6, 6.07) is 14.0. The van der Waals surface area contributed by atoms with Crippen molar-refractivity contribution in [2.45, 2.75) is 6.54 Å². The number of thiazole rings is 1. The van der Waals surface area contributed by atoms with Crippen molar-refractivity contribution in [3.63, 3.8) is 0 Å². The average Bonchev–Trinajstić information content (AvgIpc) is 3.20. The lowest BCUT2D eigenvalue weighted by atomic mass is 10.3. The molecule has 1 aromatic carbocycles. The maximum Gasteiger partial charge on any atom is 0.163 e. The lowest BCUT2D eigenvalue weighted by Crippen LogP contribution is -1.98. The predicted octanol–water partition coefficient (Wildman–Crippen LogP) is 5.33. The second-order valence-corrected chi connectivity index (χ2v) is 6.85. The molecule has 0 aliphatic carbocycles. The molecule has 3 aromatic heterocycles. The summed E-state index contributed by atoms with van der Waals surface area (Å²) in [7, 11) is 0. The second-order valence-electron chi connectivity index (χ2n) is 4.96. The number of para-hydroxylation sites is 1. The van der Waals surface area contributed by atoms with E-state index in [9.17, 15) is 0 Å². The first kappa shape index (κ1) is 14.4. The van der Waals surface area contributed by atoms with Gasteiger partial charge in [-0.15, -0.1) is 11.3 Å². The Labute approximate surface area is 145 Å². The van der Waals surface area contributed by atoms with Crippen LogP contribution in [-0.4, -0.2) is 9.97 Å². The third-order valence-electron chi connectivity index (χ3n) is 3.39. The van der Waals surface area contributed by atoms with Crippen molar-refractivity contribution in [2.24, 2.45) is 0 Å². The molecule has 0 bridgehead atoms. The van der Waals surface area contributed by atoms with Crippen LogP contribution in [0.5, 0.6) is 0 Å². The Balaban J connectivity index is 1.53. The largest absolute Gasteiger partial charge is 0.457 e. The van der Waals surface area contributed by atoms with Crippen molar-refractivity contribution < 1.29 is 4.42 Å². The topological polar surface area (TPSA) is 51.0 Å². The van der Waals surface area contributed by atoms with Gasteiger partial charge in [0.2, 0.25) is 0 Å². The molecule has 0 saturated carbocycles. The van der Waals surface area contributed by atoms with Crippen LogP contribution in [0.25, 0.3) is 21.0 Å². The van der Waals surface area contributed by atoms with E-state index >= 15 is 0 Å². The van der Waals surface area contributed by atoms with Crippen LogP contribution in [0.3, 0.4) is 0 Å². The number of hydrogen-bond acceptors (Lipinski definition) is 5. The molecule has 0 amide bonds. The van der Waals surface area contributed by atoms with Crippen LogP contribution in [0.1, 0.15) is 5.76 Å². The fourth-order valence-corrected chi connectivity index (χ4v) is 3.58. The SMILES string of the molecule is Brc1cnccc1NCc1ccc(-c2nc3ccccc3s2)o1. The molecule has 3 heterocycles. The highest BCUT2D eigenvalue weighted by atomic mass is 79.9. The molecular formula is C17H12BrN3OS. The van der Waals surface area contributed by atoms with Crippen LogP contribution in [0.15, 0.2) is 63.7 Å². The minimum atomic E-state index is 0.605. The molecule has 0 unspecified atom stereocenters. The molecule has 0 fully saturated rings. The Bertz CT molecular complexity index is 930. The predicted molar refractivity (Wildman–Crippen MR) is 96.6 cm³/mol. The van der Waals surface area contributed by atoms with Gasteiger partial charge in [-0.25, -0.2) is 4.98 Å². The summed E-state index contributed by atoms with van der Waals surface area (Å²) in [5.74, 6) is 1.67. The first-order chi connectivity index (χ1) is 11.3. The molecule has 6 heteroatoms. The summed E-state index contributed by atoms with van der Waals surface area (Å²) in [6.45, 7) is 0.605. The van der Waals surface area contributed by atoms with Gasteiger partial charge in [0.25, 0.3) is 0 Å². The smallest absolute Gasteiger partial charge is 0.163 e. The summed E-state index contributed by atoms with van der Waals surface area (Å²) in [5, 5.41) is 4.23. The molecule has 114 valence electrons. The number of pyridine rings is 1. The second kappa shape index (κ2) is 6.14. The maximum atomic E-state index is 5.92. The number of nitrogens with one attached hydrogen (secondary N) is 1. The van der Waals surface area contributed by atoms with E-state index in [4.69, 9.17) is 4.42 Å². The van der Waals surface area contributed by atoms with Crippen LogP contribution in [0, 0.1) is 0 Å². The Morgan fingerprint density at radius 2 is 2.04 bits per heavy atom. The standard InChI is InChI=1S/C17H12BrN3OS/c18-12-10-19-8-7-13(12)20-9-11-5-6-15(22-11)17-21-14-3-1-2-4-16(14)23-17/h1-8,10H,9H2,(H,19,20). The van der Waals surface area contributed by atoms with Crippen molar-refractivity contribution >= 4 is 43.2 Å². The monoisotopic (exact) mass is 385 g/mol. The van der Waals surface area contributed by atoms with Gasteiger partial charge >= 0.3 is 0 Å². The van der Waals surface area contributed by atoms with E-state index in [-0.39, 0.29) is 0 Å². The molecule has 0 saturated heterocycles. The van der Waals surface area contributed by atoms with E-state index in [0.717, 1.165) is 32.2 Å². The highest BCUT2D eigenvalue weighted by molar-refractivity contribution is 9.10. The van der Waals surface area contributed by atoms with E-state index < -0.39 is 0 Å². The van der Waals surface area contributed by atoms with Gasteiger partial charge in [0.15, 0.2) is 10.8 Å². The fourth-order valence-electron chi connectivity index (χ4n) is 2.27. The molecule has 4 nitrogen and oxygen atoms in total. The zero-order chi connectivity index (χ0) is 15.6. The third-order valence-corrected chi connectivity index (χ3v) is 5.07. The third kappa shape index (κ3) is 3.00. The van der Waals surface area contributed by atoms with Crippen LogP contribution in [0.2, 0.25) is 0 Å². The highest BCUT2D eigenvalue weighted by Crippen LogP contribution is 2.31. The first-order valence-electron chi connectivity index (χ1n) is 7.07. The van der Waals surface area contributed by atoms with Crippen LogP contribution < -0.4 is 5.32 Å². The first-order valence-corrected chi connectivity index (χ1v) is 8.68. The van der Waals surface area contributed by atoms with E-state index in [1.807, 2.05) is 36.4 Å². The maximum absolute atomic E-state index is 5.92. The number of furan rings is 1. The van der Waals surface area contributed by atoms with E-state index in [0.29, 0.717) is 6.54 Å². The number of aromatic nitrogens is 2. The molecule has 23 heavy (non-hydrogen) atoms. The van der Waals surface area contributed by atoms with E-state index in [1.54, 1.807) is 23.7 Å². The molecule has 1 N–H and O–H groups in total. The molecule has 0 aliphatic heterocycles. The van der Waals surface area contributed by atoms with Crippen molar-refractivity contribution in [1.82, 2.24) is 9.97 Å². The Hall–Kier alpha value is -2.18. The van der Waals surface area contributed by atoms with E-state index in [1.165, 1.54) is 4.70 Å². The molecule has 0 atom stereocenters. The molecule has 0 radical (unpaired) electrons. The van der Waals surface area contributed by atoms with Gasteiger partial charge in [0.1, 0.15) is 5.76 Å². The van der Waals surface area contributed by atoms with Gasteiger partial charge in [0, 0.05) is 12.4 Å².